The minimum absolute atomic E-state index is 0.327. The van der Waals surface area contributed by atoms with Crippen LogP contribution in [0, 0.1) is 23.7 Å². The van der Waals surface area contributed by atoms with Gasteiger partial charge in [-0.3, -0.25) is 0 Å². The van der Waals surface area contributed by atoms with Crippen LogP contribution in [-0.2, 0) is 0 Å². The standard InChI is InChI=1S/C33H34P2/c1-5-13-28(14-6-1)34(29-15-7-2-8-16-29)24-32-26-21-22-27(23-26)33(32)25-35(30-17-9-3-10-18-30)31-19-11-4-12-20-31/h1-20,26-27,32-33H,21-25H2. The van der Waals surface area contributed by atoms with Crippen molar-refractivity contribution in [2.45, 2.75) is 19.3 Å². The molecule has 0 heterocycles. The number of rotatable bonds is 8. The molecular weight excluding hydrogens is 458 g/mol. The molecule has 0 spiro atoms. The molecule has 4 atom stereocenters. The summed E-state index contributed by atoms with van der Waals surface area (Å²) in [5.74, 6) is 3.53. The van der Waals surface area contributed by atoms with Crippen LogP contribution in [0.5, 0.6) is 0 Å². The highest BCUT2D eigenvalue weighted by atomic mass is 31.1. The van der Waals surface area contributed by atoms with E-state index >= 15 is 0 Å². The van der Waals surface area contributed by atoms with Gasteiger partial charge in [-0.2, -0.15) is 0 Å². The van der Waals surface area contributed by atoms with Crippen molar-refractivity contribution >= 4 is 37.1 Å². The predicted molar refractivity (Wildman–Crippen MR) is 156 cm³/mol. The minimum Gasteiger partial charge on any atom is -0.0622 e. The van der Waals surface area contributed by atoms with Crippen LogP contribution in [0.1, 0.15) is 19.3 Å². The lowest BCUT2D eigenvalue weighted by Gasteiger charge is -2.36. The molecule has 2 saturated carbocycles. The number of benzene rings is 4. The molecule has 0 nitrogen and oxygen atoms in total. The molecule has 2 heteroatoms. The van der Waals surface area contributed by atoms with Gasteiger partial charge in [0.2, 0.25) is 0 Å². The van der Waals surface area contributed by atoms with E-state index in [1.54, 1.807) is 21.2 Å². The van der Waals surface area contributed by atoms with Gasteiger partial charge in [-0.15, -0.1) is 0 Å². The zero-order chi connectivity index (χ0) is 23.5. The first-order valence-corrected chi connectivity index (χ1v) is 16.2. The Labute approximate surface area is 213 Å². The predicted octanol–water partition coefficient (Wildman–Crippen LogP) is 6.91. The van der Waals surface area contributed by atoms with Gasteiger partial charge in [-0.1, -0.05) is 121 Å². The van der Waals surface area contributed by atoms with Crippen molar-refractivity contribution in [3.05, 3.63) is 121 Å². The van der Waals surface area contributed by atoms with E-state index in [1.165, 1.54) is 31.6 Å². The Morgan fingerprint density at radius 1 is 0.429 bits per heavy atom. The van der Waals surface area contributed by atoms with Gasteiger partial charge in [0.1, 0.15) is 0 Å². The van der Waals surface area contributed by atoms with Crippen molar-refractivity contribution in [2.75, 3.05) is 12.3 Å². The molecule has 4 aromatic rings. The molecule has 0 amide bonds. The summed E-state index contributed by atoms with van der Waals surface area (Å²) < 4.78 is 0. The van der Waals surface area contributed by atoms with Crippen LogP contribution < -0.4 is 21.2 Å². The van der Waals surface area contributed by atoms with Crippen LogP contribution in [0.3, 0.4) is 0 Å². The van der Waals surface area contributed by atoms with Gasteiger partial charge in [-0.05, 0) is 92.3 Å². The average Bonchev–Trinajstić information content (AvgIpc) is 3.54. The summed E-state index contributed by atoms with van der Waals surface area (Å²) in [6.45, 7) is 0. The molecule has 0 N–H and O–H groups in total. The molecule has 35 heavy (non-hydrogen) atoms. The third-order valence-corrected chi connectivity index (χ3v) is 13.6. The number of fused-ring (bicyclic) bond motifs is 2. The lowest BCUT2D eigenvalue weighted by Crippen LogP contribution is -2.32. The summed E-state index contributed by atoms with van der Waals surface area (Å²) >= 11 is 0. The van der Waals surface area contributed by atoms with Gasteiger partial charge in [0, 0.05) is 0 Å². The maximum absolute atomic E-state index is 2.38. The normalized spacial score (nSPS) is 23.3. The van der Waals surface area contributed by atoms with Crippen LogP contribution in [0.15, 0.2) is 121 Å². The van der Waals surface area contributed by atoms with E-state index in [0.29, 0.717) is 0 Å². The molecule has 176 valence electrons. The Morgan fingerprint density at radius 3 is 1.00 bits per heavy atom. The first-order chi connectivity index (χ1) is 17.4. The lowest BCUT2D eigenvalue weighted by atomic mass is 9.81. The van der Waals surface area contributed by atoms with E-state index in [-0.39, 0.29) is 15.8 Å². The van der Waals surface area contributed by atoms with E-state index in [0.717, 1.165) is 23.7 Å². The van der Waals surface area contributed by atoms with Gasteiger partial charge >= 0.3 is 0 Å². The largest absolute Gasteiger partial charge is 0.0622 e. The molecule has 4 aromatic carbocycles. The van der Waals surface area contributed by atoms with E-state index in [4.69, 9.17) is 0 Å². The lowest BCUT2D eigenvalue weighted by molar-refractivity contribution is 0.267. The van der Waals surface area contributed by atoms with Crippen LogP contribution in [-0.4, -0.2) is 12.3 Å². The molecule has 2 bridgehead atoms. The molecular formula is C33H34P2. The van der Waals surface area contributed by atoms with Crippen molar-refractivity contribution in [1.29, 1.82) is 0 Å². The van der Waals surface area contributed by atoms with Crippen molar-refractivity contribution in [2.24, 2.45) is 23.7 Å². The topological polar surface area (TPSA) is 0 Å². The first-order valence-electron chi connectivity index (χ1n) is 13.1. The highest BCUT2D eigenvalue weighted by molar-refractivity contribution is 7.73. The maximum Gasteiger partial charge on any atom is -0.0195 e. The Morgan fingerprint density at radius 2 is 0.714 bits per heavy atom. The summed E-state index contributed by atoms with van der Waals surface area (Å²) in [6, 6.07) is 45.5. The van der Waals surface area contributed by atoms with Crippen LogP contribution in [0.25, 0.3) is 0 Å². The zero-order valence-electron chi connectivity index (χ0n) is 20.3. The van der Waals surface area contributed by atoms with E-state index in [2.05, 4.69) is 121 Å². The highest BCUT2D eigenvalue weighted by Crippen LogP contribution is 2.58. The van der Waals surface area contributed by atoms with Crippen LogP contribution in [0.4, 0.5) is 0 Å². The van der Waals surface area contributed by atoms with Crippen LogP contribution in [0.2, 0.25) is 0 Å². The number of hydrogen-bond acceptors (Lipinski definition) is 0. The van der Waals surface area contributed by atoms with E-state index in [9.17, 15) is 0 Å². The Bertz CT molecular complexity index is 1020. The molecule has 2 aliphatic carbocycles. The third-order valence-electron chi connectivity index (χ3n) is 8.33. The van der Waals surface area contributed by atoms with Gasteiger partial charge < -0.3 is 0 Å². The fourth-order valence-electron chi connectivity index (χ4n) is 6.67. The SMILES string of the molecule is c1ccc(P(CC2C3CCC(C3)C2CP(c2ccccc2)c2ccccc2)c2ccccc2)cc1. The molecule has 2 fully saturated rings. The molecule has 4 unspecified atom stereocenters. The second-order valence-corrected chi connectivity index (χ2v) is 14.7. The fraction of sp³-hybridized carbons (Fsp3) is 0.273. The monoisotopic (exact) mass is 492 g/mol. The Balaban J connectivity index is 1.33. The summed E-state index contributed by atoms with van der Waals surface area (Å²) in [6.07, 6.45) is 7.07. The van der Waals surface area contributed by atoms with Gasteiger partial charge in [0.25, 0.3) is 0 Å². The fourth-order valence-corrected chi connectivity index (χ4v) is 12.2. The van der Waals surface area contributed by atoms with Crippen molar-refractivity contribution in [3.63, 3.8) is 0 Å². The van der Waals surface area contributed by atoms with Gasteiger partial charge in [0.05, 0.1) is 0 Å². The van der Waals surface area contributed by atoms with Gasteiger partial charge in [0.15, 0.2) is 0 Å². The smallest absolute Gasteiger partial charge is 0.0195 e. The minimum atomic E-state index is -0.327. The molecule has 0 radical (unpaired) electrons. The summed E-state index contributed by atoms with van der Waals surface area (Å²) in [5, 5.41) is 6.18. The van der Waals surface area contributed by atoms with Crippen molar-refractivity contribution < 1.29 is 0 Å². The molecule has 6 rings (SSSR count). The van der Waals surface area contributed by atoms with Crippen molar-refractivity contribution in [1.82, 2.24) is 0 Å². The van der Waals surface area contributed by atoms with E-state index < -0.39 is 0 Å². The second-order valence-electron chi connectivity index (χ2n) is 10.2. The zero-order valence-corrected chi connectivity index (χ0v) is 22.1. The maximum atomic E-state index is 2.38. The molecule has 0 aliphatic heterocycles. The average molecular weight is 493 g/mol. The summed E-state index contributed by atoms with van der Waals surface area (Å²) in [5.41, 5.74) is 0. The molecule has 0 aromatic heterocycles. The van der Waals surface area contributed by atoms with Crippen LogP contribution >= 0.6 is 15.8 Å². The highest BCUT2D eigenvalue weighted by Gasteiger charge is 2.48. The van der Waals surface area contributed by atoms with Gasteiger partial charge in [-0.25, -0.2) is 0 Å². The Hall–Kier alpha value is -2.26. The molecule has 0 saturated heterocycles. The van der Waals surface area contributed by atoms with Crippen molar-refractivity contribution in [3.8, 4) is 0 Å². The number of hydrogen-bond donors (Lipinski definition) is 0. The van der Waals surface area contributed by atoms with E-state index in [1.807, 2.05) is 0 Å². The molecule has 2 aliphatic rings. The third kappa shape index (κ3) is 5.03. The summed E-state index contributed by atoms with van der Waals surface area (Å²) in [7, 11) is -0.653. The second kappa shape index (κ2) is 10.8. The Kier molecular flexibility index (Phi) is 7.13. The quantitative estimate of drug-likeness (QED) is 0.234. The summed E-state index contributed by atoms with van der Waals surface area (Å²) in [4.78, 5) is 0. The first kappa shape index (κ1) is 23.2.